The first-order chi connectivity index (χ1) is 9.51. The Balaban J connectivity index is 2.05. The van der Waals surface area contributed by atoms with E-state index in [-0.39, 0.29) is 0 Å². The minimum atomic E-state index is -1.55. The van der Waals surface area contributed by atoms with E-state index in [1.54, 1.807) is 0 Å². The van der Waals surface area contributed by atoms with E-state index >= 15 is 0 Å². The van der Waals surface area contributed by atoms with Gasteiger partial charge in [-0.1, -0.05) is 48.4 Å². The van der Waals surface area contributed by atoms with E-state index in [0.29, 0.717) is 0 Å². The Morgan fingerprint density at radius 2 is 1.50 bits per heavy atom. The van der Waals surface area contributed by atoms with Crippen molar-refractivity contribution in [3.8, 4) is 11.8 Å². The van der Waals surface area contributed by atoms with Crippen LogP contribution in [0.4, 0.5) is 0 Å². The van der Waals surface area contributed by atoms with Crippen LogP contribution >= 0.6 is 0 Å². The van der Waals surface area contributed by atoms with Gasteiger partial charge < -0.3 is 9.84 Å². The van der Waals surface area contributed by atoms with Crippen molar-refractivity contribution in [3.05, 3.63) is 71.3 Å². The van der Waals surface area contributed by atoms with E-state index in [9.17, 15) is 5.11 Å². The molecule has 0 spiro atoms. The van der Waals surface area contributed by atoms with Crippen LogP contribution in [0.3, 0.4) is 0 Å². The fraction of sp³-hybridized carbons (Fsp3) is 0.222. The number of aliphatic hydroxyl groups is 1. The highest BCUT2D eigenvalue weighted by atomic mass is 16.6. The molecule has 1 N–H and O–H groups in total. The molecule has 2 nitrogen and oxygen atoms in total. The van der Waals surface area contributed by atoms with Crippen molar-refractivity contribution in [2.75, 3.05) is 0 Å². The molecular formula is C18H16O2. The maximum Gasteiger partial charge on any atom is 0.260 e. The van der Waals surface area contributed by atoms with Crippen molar-refractivity contribution >= 4 is 0 Å². The van der Waals surface area contributed by atoms with Crippen molar-refractivity contribution in [3.63, 3.8) is 0 Å². The Hall–Kier alpha value is -2.08. The zero-order valence-corrected chi connectivity index (χ0v) is 11.6. The van der Waals surface area contributed by atoms with Crippen LogP contribution in [-0.4, -0.2) is 5.11 Å². The topological polar surface area (TPSA) is 29.5 Å². The Kier molecular flexibility index (Phi) is 2.90. The standard InChI is InChI=1S/C18H16O2/c1-17(2)15-10-6-7-11-16(15)18(19,20-17)13-12-14-8-4-3-5-9-14/h3-11,19H,1-2H3/t18-/m0/s1. The van der Waals surface area contributed by atoms with Crippen LogP contribution in [0.5, 0.6) is 0 Å². The maximum atomic E-state index is 10.7. The van der Waals surface area contributed by atoms with Crippen molar-refractivity contribution in [2.45, 2.75) is 25.2 Å². The van der Waals surface area contributed by atoms with Gasteiger partial charge >= 0.3 is 0 Å². The molecule has 3 rings (SSSR count). The lowest BCUT2D eigenvalue weighted by atomic mass is 9.94. The summed E-state index contributed by atoms with van der Waals surface area (Å²) in [6.07, 6.45) is 0. The predicted octanol–water partition coefficient (Wildman–Crippen LogP) is 3.15. The fourth-order valence-corrected chi connectivity index (χ4v) is 2.55. The third-order valence-corrected chi connectivity index (χ3v) is 3.49. The van der Waals surface area contributed by atoms with E-state index in [1.807, 2.05) is 68.4 Å². The normalized spacial score (nSPS) is 22.8. The maximum absolute atomic E-state index is 10.7. The number of benzene rings is 2. The molecule has 0 unspecified atom stereocenters. The molecule has 2 heteroatoms. The molecular weight excluding hydrogens is 248 g/mol. The van der Waals surface area contributed by atoms with Crippen LogP contribution in [0.25, 0.3) is 0 Å². The van der Waals surface area contributed by atoms with Crippen LogP contribution in [0, 0.1) is 11.8 Å². The number of hydrogen-bond acceptors (Lipinski definition) is 2. The minimum absolute atomic E-state index is 0.545. The summed E-state index contributed by atoms with van der Waals surface area (Å²) in [5, 5.41) is 10.7. The van der Waals surface area contributed by atoms with Gasteiger partial charge in [0.15, 0.2) is 0 Å². The lowest BCUT2D eigenvalue weighted by Gasteiger charge is -2.22. The molecule has 0 aliphatic carbocycles. The van der Waals surface area contributed by atoms with Crippen molar-refractivity contribution in [1.29, 1.82) is 0 Å². The smallest absolute Gasteiger partial charge is 0.260 e. The summed E-state index contributed by atoms with van der Waals surface area (Å²) in [5.41, 5.74) is 2.02. The predicted molar refractivity (Wildman–Crippen MR) is 77.8 cm³/mol. The van der Waals surface area contributed by atoms with E-state index in [2.05, 4.69) is 11.8 Å². The third-order valence-electron chi connectivity index (χ3n) is 3.49. The average molecular weight is 264 g/mol. The third kappa shape index (κ3) is 2.12. The highest BCUT2D eigenvalue weighted by Gasteiger charge is 2.46. The van der Waals surface area contributed by atoms with Crippen molar-refractivity contribution in [1.82, 2.24) is 0 Å². The summed E-state index contributed by atoms with van der Waals surface area (Å²) in [6.45, 7) is 3.88. The van der Waals surface area contributed by atoms with Crippen LogP contribution in [0.2, 0.25) is 0 Å². The van der Waals surface area contributed by atoms with Gasteiger partial charge in [-0.25, -0.2) is 0 Å². The molecule has 0 bridgehead atoms. The van der Waals surface area contributed by atoms with E-state index < -0.39 is 11.4 Å². The van der Waals surface area contributed by atoms with Gasteiger partial charge in [0.2, 0.25) is 0 Å². The lowest BCUT2D eigenvalue weighted by Crippen LogP contribution is -2.27. The highest BCUT2D eigenvalue weighted by Crippen LogP contribution is 2.45. The van der Waals surface area contributed by atoms with Crippen LogP contribution in [-0.2, 0) is 16.1 Å². The van der Waals surface area contributed by atoms with Crippen LogP contribution in [0.1, 0.15) is 30.5 Å². The molecule has 1 heterocycles. The SMILES string of the molecule is CC1(C)O[C@@](O)(C#Cc2ccccc2)c2ccccc21. The molecule has 0 amide bonds. The van der Waals surface area contributed by atoms with E-state index in [1.165, 1.54) is 0 Å². The summed E-state index contributed by atoms with van der Waals surface area (Å²) >= 11 is 0. The van der Waals surface area contributed by atoms with Crippen LogP contribution < -0.4 is 0 Å². The molecule has 2 aromatic rings. The fourth-order valence-electron chi connectivity index (χ4n) is 2.55. The first kappa shape index (κ1) is 12.9. The van der Waals surface area contributed by atoms with Gasteiger partial charge in [0.1, 0.15) is 0 Å². The number of rotatable bonds is 0. The molecule has 0 aromatic heterocycles. The highest BCUT2D eigenvalue weighted by molar-refractivity contribution is 5.45. The molecule has 1 aliphatic rings. The molecule has 1 atom stereocenters. The van der Waals surface area contributed by atoms with Gasteiger partial charge in [0.25, 0.3) is 5.79 Å². The first-order valence-corrected chi connectivity index (χ1v) is 6.62. The van der Waals surface area contributed by atoms with Gasteiger partial charge in [-0.3, -0.25) is 0 Å². The largest absolute Gasteiger partial charge is 0.352 e. The molecule has 1 aliphatic heterocycles. The zero-order valence-electron chi connectivity index (χ0n) is 11.6. The molecule has 100 valence electrons. The Morgan fingerprint density at radius 3 is 2.20 bits per heavy atom. The second-order valence-corrected chi connectivity index (χ2v) is 5.42. The second-order valence-electron chi connectivity index (χ2n) is 5.42. The average Bonchev–Trinajstić information content (AvgIpc) is 2.66. The van der Waals surface area contributed by atoms with E-state index in [4.69, 9.17) is 4.74 Å². The Bertz CT molecular complexity index is 692. The zero-order chi connectivity index (χ0) is 14.2. The van der Waals surface area contributed by atoms with Crippen LogP contribution in [0.15, 0.2) is 54.6 Å². The second kappa shape index (κ2) is 4.49. The molecule has 0 saturated carbocycles. The lowest BCUT2D eigenvalue weighted by molar-refractivity contribution is -0.210. The Labute approximate surface area is 119 Å². The summed E-state index contributed by atoms with van der Waals surface area (Å²) in [7, 11) is 0. The number of hydrogen-bond donors (Lipinski definition) is 1. The molecule has 0 saturated heterocycles. The van der Waals surface area contributed by atoms with Crippen molar-refractivity contribution in [2.24, 2.45) is 0 Å². The number of fused-ring (bicyclic) bond motifs is 1. The monoisotopic (exact) mass is 264 g/mol. The summed E-state index contributed by atoms with van der Waals surface area (Å²) in [5.74, 6) is 4.30. The minimum Gasteiger partial charge on any atom is -0.352 e. The van der Waals surface area contributed by atoms with E-state index in [0.717, 1.165) is 16.7 Å². The van der Waals surface area contributed by atoms with Gasteiger partial charge in [-0.15, -0.1) is 0 Å². The first-order valence-electron chi connectivity index (χ1n) is 6.62. The summed E-state index contributed by atoms with van der Waals surface area (Å²) in [4.78, 5) is 0. The number of ether oxygens (including phenoxy) is 1. The van der Waals surface area contributed by atoms with Gasteiger partial charge in [-0.05, 0) is 37.5 Å². The molecule has 0 radical (unpaired) electrons. The molecule has 0 fully saturated rings. The Morgan fingerprint density at radius 1 is 0.900 bits per heavy atom. The summed E-state index contributed by atoms with van der Waals surface area (Å²) in [6, 6.07) is 17.2. The molecule has 2 aromatic carbocycles. The van der Waals surface area contributed by atoms with Gasteiger partial charge in [0.05, 0.1) is 5.60 Å². The summed E-state index contributed by atoms with van der Waals surface area (Å²) < 4.78 is 5.81. The van der Waals surface area contributed by atoms with Gasteiger partial charge in [-0.2, -0.15) is 0 Å². The van der Waals surface area contributed by atoms with Crippen molar-refractivity contribution < 1.29 is 9.84 Å². The van der Waals surface area contributed by atoms with Gasteiger partial charge in [0, 0.05) is 11.1 Å². The molecule has 20 heavy (non-hydrogen) atoms. The quantitative estimate of drug-likeness (QED) is 0.741.